The third-order valence-electron chi connectivity index (χ3n) is 6.05. The maximum Gasteiger partial charge on any atom is 0.291 e. The summed E-state index contributed by atoms with van der Waals surface area (Å²) < 4.78 is 10.7. The molecule has 3 aromatic rings. The molecule has 2 N–H and O–H groups in total. The highest BCUT2D eigenvalue weighted by atomic mass is 32.1. The summed E-state index contributed by atoms with van der Waals surface area (Å²) in [5.41, 5.74) is 3.73. The van der Waals surface area contributed by atoms with Gasteiger partial charge in [0.05, 0.1) is 32.0 Å². The van der Waals surface area contributed by atoms with Crippen molar-refractivity contribution in [1.29, 1.82) is 0 Å². The summed E-state index contributed by atoms with van der Waals surface area (Å²) >= 11 is 1.65. The quantitative estimate of drug-likeness (QED) is 0.616. The van der Waals surface area contributed by atoms with Crippen LogP contribution in [0.4, 0.5) is 5.00 Å². The molecule has 3 heterocycles. The highest BCUT2D eigenvalue weighted by Gasteiger charge is 2.33. The molecule has 1 atom stereocenters. The fourth-order valence-corrected chi connectivity index (χ4v) is 5.45. The van der Waals surface area contributed by atoms with Gasteiger partial charge in [-0.15, -0.1) is 11.3 Å². The standard InChI is InChI=1S/C24H28N2O3S/c1-16-17(2)30-24(25-23(27)20-8-7-15-29-20)21(16)22(26-13-5-4-6-14-26)18-9-11-19(28-3)12-10-18/h7-12,15,22H,4-6,13-14H2,1-3H3,(H,25,27)/p+1/t22-/m1/s1. The molecule has 6 heteroatoms. The van der Waals surface area contributed by atoms with Gasteiger partial charge in [0.15, 0.2) is 5.76 Å². The van der Waals surface area contributed by atoms with Gasteiger partial charge in [-0.25, -0.2) is 0 Å². The van der Waals surface area contributed by atoms with Crippen LogP contribution in [0.1, 0.15) is 57.4 Å². The molecular weight excluding hydrogens is 396 g/mol. The molecule has 5 nitrogen and oxygen atoms in total. The number of likely N-dealkylation sites (tertiary alicyclic amines) is 1. The van der Waals surface area contributed by atoms with Crippen LogP contribution in [0.5, 0.6) is 5.75 Å². The van der Waals surface area contributed by atoms with E-state index in [2.05, 4.69) is 31.3 Å². The molecule has 0 bridgehead atoms. The van der Waals surface area contributed by atoms with Crippen molar-refractivity contribution in [3.63, 3.8) is 0 Å². The zero-order valence-electron chi connectivity index (χ0n) is 17.8. The highest BCUT2D eigenvalue weighted by Crippen LogP contribution is 2.39. The first-order chi connectivity index (χ1) is 14.6. The third kappa shape index (κ3) is 4.16. The zero-order chi connectivity index (χ0) is 21.1. The van der Waals surface area contributed by atoms with Crippen LogP contribution in [-0.2, 0) is 0 Å². The molecule has 1 aliphatic rings. The lowest BCUT2D eigenvalue weighted by molar-refractivity contribution is -0.930. The fourth-order valence-electron chi connectivity index (χ4n) is 4.35. The Balaban J connectivity index is 1.76. The monoisotopic (exact) mass is 425 g/mol. The number of hydrogen-bond donors (Lipinski definition) is 2. The Morgan fingerprint density at radius 3 is 2.50 bits per heavy atom. The first kappa shape index (κ1) is 20.7. The number of methoxy groups -OCH3 is 1. The van der Waals surface area contributed by atoms with Crippen molar-refractivity contribution in [1.82, 2.24) is 0 Å². The molecule has 4 rings (SSSR count). The Morgan fingerprint density at radius 1 is 1.13 bits per heavy atom. The number of hydrogen-bond acceptors (Lipinski definition) is 4. The number of anilines is 1. The van der Waals surface area contributed by atoms with Gasteiger partial charge in [-0.05, 0) is 75.1 Å². The van der Waals surface area contributed by atoms with E-state index < -0.39 is 0 Å². The van der Waals surface area contributed by atoms with Gasteiger partial charge in [-0.1, -0.05) is 0 Å². The number of piperidine rings is 1. The second kappa shape index (κ2) is 9.06. The molecule has 0 radical (unpaired) electrons. The van der Waals surface area contributed by atoms with Crippen LogP contribution in [0, 0.1) is 13.8 Å². The molecule has 1 fully saturated rings. The lowest BCUT2D eigenvalue weighted by Gasteiger charge is -2.33. The predicted molar refractivity (Wildman–Crippen MR) is 120 cm³/mol. The average molecular weight is 426 g/mol. The number of amides is 1. The number of carbonyl (C=O) groups excluding carboxylic acids is 1. The van der Waals surface area contributed by atoms with Gasteiger partial charge < -0.3 is 19.4 Å². The highest BCUT2D eigenvalue weighted by molar-refractivity contribution is 7.16. The number of nitrogens with one attached hydrogen (secondary N) is 2. The molecule has 0 saturated carbocycles. The molecular formula is C24H29N2O3S+. The summed E-state index contributed by atoms with van der Waals surface area (Å²) in [6, 6.07) is 12.0. The molecule has 1 saturated heterocycles. The van der Waals surface area contributed by atoms with Crippen molar-refractivity contribution in [2.45, 2.75) is 39.2 Å². The second-order valence-corrected chi connectivity index (χ2v) is 9.11. The third-order valence-corrected chi connectivity index (χ3v) is 7.18. The van der Waals surface area contributed by atoms with Crippen molar-refractivity contribution < 1.29 is 18.8 Å². The lowest BCUT2D eigenvalue weighted by atomic mass is 9.93. The minimum absolute atomic E-state index is 0.174. The van der Waals surface area contributed by atoms with Gasteiger partial charge in [0.2, 0.25) is 0 Å². The molecule has 1 aliphatic heterocycles. The van der Waals surface area contributed by atoms with Gasteiger partial charge in [-0.3, -0.25) is 4.79 Å². The summed E-state index contributed by atoms with van der Waals surface area (Å²) in [6.45, 7) is 6.57. The number of thiophene rings is 1. The molecule has 2 aromatic heterocycles. The topological polar surface area (TPSA) is 55.9 Å². The van der Waals surface area contributed by atoms with E-state index in [1.54, 1.807) is 35.5 Å². The maximum absolute atomic E-state index is 12.7. The van der Waals surface area contributed by atoms with E-state index in [-0.39, 0.29) is 11.9 Å². The largest absolute Gasteiger partial charge is 0.497 e. The Morgan fingerprint density at radius 2 is 1.87 bits per heavy atom. The smallest absolute Gasteiger partial charge is 0.291 e. The number of rotatable bonds is 6. The van der Waals surface area contributed by atoms with E-state index in [0.29, 0.717) is 5.76 Å². The van der Waals surface area contributed by atoms with Crippen LogP contribution >= 0.6 is 11.3 Å². The van der Waals surface area contributed by atoms with E-state index in [9.17, 15) is 4.79 Å². The molecule has 1 aromatic carbocycles. The van der Waals surface area contributed by atoms with E-state index in [4.69, 9.17) is 9.15 Å². The van der Waals surface area contributed by atoms with Crippen LogP contribution in [0.15, 0.2) is 47.1 Å². The molecule has 158 valence electrons. The van der Waals surface area contributed by atoms with Gasteiger partial charge in [0.1, 0.15) is 16.8 Å². The van der Waals surface area contributed by atoms with Crippen molar-refractivity contribution >= 4 is 22.2 Å². The minimum Gasteiger partial charge on any atom is -0.497 e. The number of quaternary nitrogens is 1. The molecule has 30 heavy (non-hydrogen) atoms. The van der Waals surface area contributed by atoms with Gasteiger partial charge in [0, 0.05) is 10.4 Å². The van der Waals surface area contributed by atoms with E-state index in [1.807, 2.05) is 12.1 Å². The zero-order valence-corrected chi connectivity index (χ0v) is 18.6. The van der Waals surface area contributed by atoms with Gasteiger partial charge in [-0.2, -0.15) is 0 Å². The van der Waals surface area contributed by atoms with E-state index >= 15 is 0 Å². The fraction of sp³-hybridized carbons (Fsp3) is 0.375. The van der Waals surface area contributed by atoms with Crippen LogP contribution in [-0.4, -0.2) is 26.1 Å². The van der Waals surface area contributed by atoms with Gasteiger partial charge >= 0.3 is 0 Å². The molecule has 1 amide bonds. The Kier molecular flexibility index (Phi) is 6.25. The van der Waals surface area contributed by atoms with Crippen molar-refractivity contribution in [2.24, 2.45) is 0 Å². The summed E-state index contributed by atoms with van der Waals surface area (Å²) in [7, 11) is 1.69. The minimum atomic E-state index is -0.204. The summed E-state index contributed by atoms with van der Waals surface area (Å²) in [5, 5.41) is 4.06. The Labute approximate surface area is 181 Å². The summed E-state index contributed by atoms with van der Waals surface area (Å²) in [4.78, 5) is 15.5. The Bertz CT molecular complexity index is 986. The number of ether oxygens (including phenoxy) is 1. The van der Waals surface area contributed by atoms with E-state index in [0.717, 1.165) is 23.8 Å². The van der Waals surface area contributed by atoms with Crippen LogP contribution in [0.2, 0.25) is 0 Å². The number of carbonyl (C=O) groups is 1. The van der Waals surface area contributed by atoms with Crippen molar-refractivity contribution in [2.75, 3.05) is 25.5 Å². The van der Waals surface area contributed by atoms with Crippen LogP contribution in [0.3, 0.4) is 0 Å². The normalized spacial score (nSPS) is 15.7. The second-order valence-electron chi connectivity index (χ2n) is 7.88. The number of benzene rings is 1. The first-order valence-electron chi connectivity index (χ1n) is 10.5. The lowest BCUT2D eigenvalue weighted by Crippen LogP contribution is -3.13. The van der Waals surface area contributed by atoms with Gasteiger partial charge in [0.25, 0.3) is 5.91 Å². The SMILES string of the molecule is COc1ccc([C@H](c2c(NC(=O)c3ccco3)sc(C)c2C)[NH+]2CCCCC2)cc1. The number of furan rings is 1. The van der Waals surface area contributed by atoms with E-state index in [1.165, 1.54) is 47.1 Å². The molecule has 0 unspecified atom stereocenters. The van der Waals surface area contributed by atoms with Crippen molar-refractivity contribution in [3.05, 3.63) is 70.0 Å². The summed E-state index contributed by atoms with van der Waals surface area (Å²) in [6.07, 6.45) is 5.29. The van der Waals surface area contributed by atoms with Crippen molar-refractivity contribution in [3.8, 4) is 5.75 Å². The average Bonchev–Trinajstić information content (AvgIpc) is 3.40. The van der Waals surface area contributed by atoms with Crippen LogP contribution in [0.25, 0.3) is 0 Å². The number of aryl methyl sites for hydroxylation is 1. The van der Waals surface area contributed by atoms with Crippen LogP contribution < -0.4 is 15.0 Å². The maximum atomic E-state index is 12.7. The summed E-state index contributed by atoms with van der Waals surface area (Å²) in [5.74, 6) is 0.983. The first-order valence-corrected chi connectivity index (χ1v) is 11.3. The Hall–Kier alpha value is -2.57. The molecule has 0 aliphatic carbocycles. The predicted octanol–water partition coefficient (Wildman–Crippen LogP) is 4.38. The molecule has 0 spiro atoms.